The minimum absolute atomic E-state index is 0.0491. The molecule has 0 spiro atoms. The highest BCUT2D eigenvalue weighted by molar-refractivity contribution is 5.94. The van der Waals surface area contributed by atoms with Crippen LogP contribution in [0, 0.1) is 0 Å². The Balaban J connectivity index is 2.22. The molecule has 2 heteroatoms. The van der Waals surface area contributed by atoms with Crippen molar-refractivity contribution in [3.63, 3.8) is 0 Å². The molecule has 0 aliphatic heterocycles. The molecule has 3 aromatic rings. The van der Waals surface area contributed by atoms with Gasteiger partial charge in [-0.15, -0.1) is 0 Å². The van der Waals surface area contributed by atoms with Gasteiger partial charge in [0.25, 0.3) is 0 Å². The van der Waals surface area contributed by atoms with E-state index in [0.717, 1.165) is 11.1 Å². The van der Waals surface area contributed by atoms with Crippen LogP contribution in [0.15, 0.2) is 60.8 Å². The summed E-state index contributed by atoms with van der Waals surface area (Å²) in [6.07, 6.45) is 1.82. The SMILES string of the molecule is CC(N)c1cccc(-c2cccc3ncccc23)c1. The monoisotopic (exact) mass is 248 g/mol. The van der Waals surface area contributed by atoms with Crippen molar-refractivity contribution >= 4 is 10.9 Å². The zero-order valence-corrected chi connectivity index (χ0v) is 10.9. The molecule has 2 nitrogen and oxygen atoms in total. The molecular formula is C17H16N2. The normalized spacial score (nSPS) is 12.5. The maximum atomic E-state index is 5.96. The Labute approximate surface area is 112 Å². The van der Waals surface area contributed by atoms with Gasteiger partial charge in [0, 0.05) is 17.6 Å². The standard InChI is InChI=1S/C17H16N2/c1-12(18)13-5-2-6-14(11-13)15-7-3-9-17-16(15)8-4-10-19-17/h2-12H,18H2,1H3. The quantitative estimate of drug-likeness (QED) is 0.746. The van der Waals surface area contributed by atoms with Crippen LogP contribution >= 0.6 is 0 Å². The van der Waals surface area contributed by atoms with Gasteiger partial charge in [-0.05, 0) is 41.8 Å². The van der Waals surface area contributed by atoms with Crippen LogP contribution in [0.2, 0.25) is 0 Å². The van der Waals surface area contributed by atoms with Gasteiger partial charge in [-0.3, -0.25) is 4.98 Å². The maximum absolute atomic E-state index is 5.96. The Morgan fingerprint density at radius 3 is 2.68 bits per heavy atom. The summed E-state index contributed by atoms with van der Waals surface area (Å²) in [7, 11) is 0. The van der Waals surface area contributed by atoms with E-state index in [-0.39, 0.29) is 6.04 Å². The number of hydrogen-bond donors (Lipinski definition) is 1. The minimum Gasteiger partial charge on any atom is -0.324 e. The van der Waals surface area contributed by atoms with Crippen molar-refractivity contribution in [3.05, 3.63) is 66.4 Å². The maximum Gasteiger partial charge on any atom is 0.0708 e. The number of fused-ring (bicyclic) bond motifs is 1. The van der Waals surface area contributed by atoms with Gasteiger partial charge in [-0.2, -0.15) is 0 Å². The average Bonchev–Trinajstić information content (AvgIpc) is 2.47. The summed E-state index contributed by atoms with van der Waals surface area (Å²) in [6, 6.07) is 18.7. The number of aromatic nitrogens is 1. The van der Waals surface area contributed by atoms with Gasteiger partial charge in [-0.25, -0.2) is 0 Å². The van der Waals surface area contributed by atoms with Gasteiger partial charge in [0.05, 0.1) is 5.52 Å². The van der Waals surface area contributed by atoms with E-state index >= 15 is 0 Å². The highest BCUT2D eigenvalue weighted by Gasteiger charge is 2.06. The number of rotatable bonds is 2. The van der Waals surface area contributed by atoms with Crippen LogP contribution < -0.4 is 5.73 Å². The van der Waals surface area contributed by atoms with Crippen LogP contribution in [0.3, 0.4) is 0 Å². The van der Waals surface area contributed by atoms with E-state index in [0.29, 0.717) is 0 Å². The second-order valence-electron chi connectivity index (χ2n) is 4.79. The number of hydrogen-bond acceptors (Lipinski definition) is 2. The van der Waals surface area contributed by atoms with Crippen LogP contribution in [0.5, 0.6) is 0 Å². The fourth-order valence-corrected chi connectivity index (χ4v) is 2.34. The molecule has 1 atom stereocenters. The molecule has 19 heavy (non-hydrogen) atoms. The van der Waals surface area contributed by atoms with E-state index in [1.54, 1.807) is 0 Å². The van der Waals surface area contributed by atoms with Crippen molar-refractivity contribution in [2.75, 3.05) is 0 Å². The van der Waals surface area contributed by atoms with E-state index < -0.39 is 0 Å². The Morgan fingerprint density at radius 1 is 1.00 bits per heavy atom. The van der Waals surface area contributed by atoms with Crippen molar-refractivity contribution in [1.29, 1.82) is 0 Å². The predicted molar refractivity (Wildman–Crippen MR) is 79.8 cm³/mol. The Hall–Kier alpha value is -2.19. The summed E-state index contributed by atoms with van der Waals surface area (Å²) in [4.78, 5) is 4.40. The average molecular weight is 248 g/mol. The number of nitrogens with zero attached hydrogens (tertiary/aromatic N) is 1. The molecule has 2 N–H and O–H groups in total. The number of nitrogens with two attached hydrogens (primary N) is 1. The molecule has 2 aromatic carbocycles. The molecule has 0 aliphatic rings. The molecule has 0 saturated carbocycles. The van der Waals surface area contributed by atoms with Crippen LogP contribution in [0.25, 0.3) is 22.0 Å². The van der Waals surface area contributed by atoms with Gasteiger partial charge in [0.15, 0.2) is 0 Å². The fraction of sp³-hybridized carbons (Fsp3) is 0.118. The summed E-state index contributed by atoms with van der Waals surface area (Å²) in [5, 5.41) is 1.17. The predicted octanol–water partition coefficient (Wildman–Crippen LogP) is 3.92. The first-order chi connectivity index (χ1) is 9.25. The van der Waals surface area contributed by atoms with Crippen LogP contribution in [0.4, 0.5) is 0 Å². The lowest BCUT2D eigenvalue weighted by Crippen LogP contribution is -2.04. The van der Waals surface area contributed by atoms with Crippen molar-refractivity contribution in [3.8, 4) is 11.1 Å². The second-order valence-corrected chi connectivity index (χ2v) is 4.79. The fourth-order valence-electron chi connectivity index (χ4n) is 2.34. The highest BCUT2D eigenvalue weighted by Crippen LogP contribution is 2.28. The molecule has 1 heterocycles. The molecule has 0 fully saturated rings. The molecule has 0 radical (unpaired) electrons. The third kappa shape index (κ3) is 2.23. The Kier molecular flexibility index (Phi) is 3.02. The molecule has 1 unspecified atom stereocenters. The molecular weight excluding hydrogens is 232 g/mol. The number of benzene rings is 2. The van der Waals surface area contributed by atoms with E-state index in [1.807, 2.05) is 31.3 Å². The lowest BCUT2D eigenvalue weighted by molar-refractivity contribution is 0.819. The van der Waals surface area contributed by atoms with Gasteiger partial charge >= 0.3 is 0 Å². The lowest BCUT2D eigenvalue weighted by atomic mass is 9.97. The number of pyridine rings is 1. The van der Waals surface area contributed by atoms with Crippen molar-refractivity contribution in [2.45, 2.75) is 13.0 Å². The first-order valence-electron chi connectivity index (χ1n) is 6.45. The zero-order valence-electron chi connectivity index (χ0n) is 10.9. The molecule has 0 saturated heterocycles. The zero-order chi connectivity index (χ0) is 13.2. The van der Waals surface area contributed by atoms with Crippen LogP contribution in [0.1, 0.15) is 18.5 Å². The summed E-state index contributed by atoms with van der Waals surface area (Å²) in [5.74, 6) is 0. The topological polar surface area (TPSA) is 38.9 Å². The first-order valence-corrected chi connectivity index (χ1v) is 6.45. The first kappa shape index (κ1) is 11.9. The molecule has 94 valence electrons. The highest BCUT2D eigenvalue weighted by atomic mass is 14.6. The summed E-state index contributed by atoms with van der Waals surface area (Å²) >= 11 is 0. The van der Waals surface area contributed by atoms with Crippen LogP contribution in [-0.2, 0) is 0 Å². The smallest absolute Gasteiger partial charge is 0.0708 e. The van der Waals surface area contributed by atoms with E-state index in [9.17, 15) is 0 Å². The summed E-state index contributed by atoms with van der Waals surface area (Å²) in [6.45, 7) is 2.00. The van der Waals surface area contributed by atoms with E-state index in [1.165, 1.54) is 16.5 Å². The van der Waals surface area contributed by atoms with Crippen molar-refractivity contribution in [2.24, 2.45) is 5.73 Å². The van der Waals surface area contributed by atoms with E-state index in [4.69, 9.17) is 5.73 Å². The lowest BCUT2D eigenvalue weighted by Gasteiger charge is -2.10. The molecule has 0 aliphatic carbocycles. The second kappa shape index (κ2) is 4.82. The largest absolute Gasteiger partial charge is 0.324 e. The molecule has 3 rings (SSSR count). The molecule has 1 aromatic heterocycles. The summed E-state index contributed by atoms with van der Waals surface area (Å²) < 4.78 is 0. The van der Waals surface area contributed by atoms with E-state index in [2.05, 4.69) is 41.4 Å². The van der Waals surface area contributed by atoms with Crippen molar-refractivity contribution < 1.29 is 0 Å². The summed E-state index contributed by atoms with van der Waals surface area (Å²) in [5.41, 5.74) is 10.5. The molecule has 0 amide bonds. The van der Waals surface area contributed by atoms with Gasteiger partial charge < -0.3 is 5.73 Å². The third-order valence-electron chi connectivity index (χ3n) is 3.37. The minimum atomic E-state index is 0.0491. The third-order valence-corrected chi connectivity index (χ3v) is 3.37. The Morgan fingerprint density at radius 2 is 1.84 bits per heavy atom. The van der Waals surface area contributed by atoms with Gasteiger partial charge in [0.1, 0.15) is 0 Å². The van der Waals surface area contributed by atoms with Crippen molar-refractivity contribution in [1.82, 2.24) is 4.98 Å². The Bertz CT molecular complexity index is 712. The van der Waals surface area contributed by atoms with Crippen LogP contribution in [-0.4, -0.2) is 4.98 Å². The van der Waals surface area contributed by atoms with Gasteiger partial charge in [0.2, 0.25) is 0 Å². The van der Waals surface area contributed by atoms with Gasteiger partial charge in [-0.1, -0.05) is 36.4 Å². The molecule has 0 bridgehead atoms.